The number of benzene rings is 2. The van der Waals surface area contributed by atoms with Crippen LogP contribution in [0.15, 0.2) is 78.4 Å². The van der Waals surface area contributed by atoms with Crippen molar-refractivity contribution in [1.29, 1.82) is 0 Å². The number of rotatable bonds is 4. The topological polar surface area (TPSA) is 6.48 Å². The van der Waals surface area contributed by atoms with Crippen LogP contribution in [0.4, 0.5) is 11.4 Å². The van der Waals surface area contributed by atoms with E-state index >= 15 is 0 Å². The first kappa shape index (κ1) is 16.1. The Hall–Kier alpha value is -2.74. The van der Waals surface area contributed by atoms with Crippen LogP contribution in [0.3, 0.4) is 0 Å². The second-order valence-corrected chi connectivity index (χ2v) is 6.43. The molecule has 0 saturated heterocycles. The highest BCUT2D eigenvalue weighted by molar-refractivity contribution is 5.86. The average Bonchev–Trinajstić information content (AvgIpc) is 3.10. The van der Waals surface area contributed by atoms with Gasteiger partial charge in [-0.15, -0.1) is 0 Å². The molecular weight excluding hydrogens is 292 g/mol. The van der Waals surface area contributed by atoms with E-state index in [1.165, 1.54) is 33.6 Å². The zero-order chi connectivity index (χ0) is 17.1. The Kier molecular flexibility index (Phi) is 4.57. The van der Waals surface area contributed by atoms with Gasteiger partial charge in [0.1, 0.15) is 0 Å². The molecular formula is C22H24N2. The van der Waals surface area contributed by atoms with Crippen LogP contribution in [0.2, 0.25) is 0 Å². The van der Waals surface area contributed by atoms with Crippen molar-refractivity contribution < 1.29 is 0 Å². The molecule has 2 aromatic carbocycles. The molecule has 24 heavy (non-hydrogen) atoms. The molecule has 0 aromatic heterocycles. The van der Waals surface area contributed by atoms with Gasteiger partial charge >= 0.3 is 0 Å². The van der Waals surface area contributed by atoms with Crippen molar-refractivity contribution in [2.45, 2.75) is 0 Å². The molecule has 0 atom stereocenters. The van der Waals surface area contributed by atoms with Crippen LogP contribution >= 0.6 is 0 Å². The average molecular weight is 316 g/mol. The largest absolute Gasteiger partial charge is 0.378 e. The fourth-order valence-electron chi connectivity index (χ4n) is 2.89. The summed E-state index contributed by atoms with van der Waals surface area (Å²) in [6, 6.07) is 17.5. The maximum atomic E-state index is 2.21. The summed E-state index contributed by atoms with van der Waals surface area (Å²) in [5.74, 6) is 0. The normalized spacial score (nSPS) is 12.6. The lowest BCUT2D eigenvalue weighted by molar-refractivity contribution is 1.13. The first-order valence-electron chi connectivity index (χ1n) is 8.21. The number of anilines is 2. The second-order valence-electron chi connectivity index (χ2n) is 6.43. The van der Waals surface area contributed by atoms with Gasteiger partial charge < -0.3 is 9.80 Å². The summed E-state index contributed by atoms with van der Waals surface area (Å²) < 4.78 is 0. The van der Waals surface area contributed by atoms with Crippen LogP contribution in [0.5, 0.6) is 0 Å². The Morgan fingerprint density at radius 1 is 0.583 bits per heavy atom. The molecule has 0 fully saturated rings. The monoisotopic (exact) mass is 316 g/mol. The minimum Gasteiger partial charge on any atom is -0.378 e. The highest BCUT2D eigenvalue weighted by Gasteiger charge is 2.11. The summed E-state index contributed by atoms with van der Waals surface area (Å²) in [6.45, 7) is 0. The summed E-state index contributed by atoms with van der Waals surface area (Å²) in [5.41, 5.74) is 7.43. The molecule has 1 aliphatic carbocycles. The van der Waals surface area contributed by atoms with Gasteiger partial charge in [-0.1, -0.05) is 48.6 Å². The minimum absolute atomic E-state index is 1.21. The Morgan fingerprint density at radius 2 is 0.958 bits per heavy atom. The van der Waals surface area contributed by atoms with Gasteiger partial charge in [-0.3, -0.25) is 0 Å². The molecule has 0 amide bonds. The number of nitrogens with zero attached hydrogens (tertiary/aromatic N) is 2. The van der Waals surface area contributed by atoms with E-state index in [1.807, 2.05) is 0 Å². The molecule has 0 spiro atoms. The zero-order valence-electron chi connectivity index (χ0n) is 14.8. The fourth-order valence-corrected chi connectivity index (χ4v) is 2.89. The Morgan fingerprint density at radius 3 is 1.29 bits per heavy atom. The quantitative estimate of drug-likeness (QED) is 0.803. The smallest absolute Gasteiger partial charge is 0.0361 e. The van der Waals surface area contributed by atoms with Crippen molar-refractivity contribution in [1.82, 2.24) is 0 Å². The molecule has 0 aliphatic heterocycles. The van der Waals surface area contributed by atoms with Crippen molar-refractivity contribution >= 4 is 16.9 Å². The summed E-state index contributed by atoms with van der Waals surface area (Å²) in [4.78, 5) is 4.25. The van der Waals surface area contributed by atoms with Gasteiger partial charge in [-0.05, 0) is 46.5 Å². The molecule has 2 heteroatoms. The molecule has 3 rings (SSSR count). The minimum atomic E-state index is 1.21. The lowest BCUT2D eigenvalue weighted by Gasteiger charge is -2.17. The highest BCUT2D eigenvalue weighted by Crippen LogP contribution is 2.32. The third-order valence-corrected chi connectivity index (χ3v) is 4.30. The van der Waals surface area contributed by atoms with Crippen LogP contribution in [0, 0.1) is 0 Å². The number of allylic oxidation sites excluding steroid dienone is 5. The molecule has 122 valence electrons. The maximum absolute atomic E-state index is 2.21. The predicted octanol–water partition coefficient (Wildman–Crippen LogP) is 4.75. The molecule has 1 aliphatic rings. The summed E-state index contributed by atoms with van der Waals surface area (Å²) >= 11 is 0. The van der Waals surface area contributed by atoms with E-state index < -0.39 is 0 Å². The first-order chi connectivity index (χ1) is 11.6. The van der Waals surface area contributed by atoms with E-state index in [0.29, 0.717) is 0 Å². The Bertz CT molecular complexity index is 721. The predicted molar refractivity (Wildman–Crippen MR) is 106 cm³/mol. The second kappa shape index (κ2) is 6.79. The lowest BCUT2D eigenvalue weighted by atomic mass is 9.93. The molecule has 2 aromatic rings. The molecule has 0 heterocycles. The highest BCUT2D eigenvalue weighted by atomic mass is 15.1. The fraction of sp³-hybridized carbons (Fsp3) is 0.182. The van der Waals surface area contributed by atoms with Crippen molar-refractivity contribution in [3.05, 3.63) is 89.5 Å². The molecule has 0 radical (unpaired) electrons. The van der Waals surface area contributed by atoms with Crippen LogP contribution in [0.25, 0.3) is 5.57 Å². The van der Waals surface area contributed by atoms with Crippen LogP contribution in [0.1, 0.15) is 11.1 Å². The van der Waals surface area contributed by atoms with Crippen molar-refractivity contribution in [3.8, 4) is 0 Å². The van der Waals surface area contributed by atoms with E-state index in [1.54, 1.807) is 0 Å². The van der Waals surface area contributed by atoms with Gasteiger partial charge in [0.05, 0.1) is 0 Å². The van der Waals surface area contributed by atoms with Gasteiger partial charge in [0.15, 0.2) is 0 Å². The number of hydrogen-bond acceptors (Lipinski definition) is 2. The summed E-state index contributed by atoms with van der Waals surface area (Å²) in [5, 5.41) is 0. The maximum Gasteiger partial charge on any atom is 0.0361 e. The van der Waals surface area contributed by atoms with E-state index in [-0.39, 0.29) is 0 Å². The zero-order valence-corrected chi connectivity index (χ0v) is 14.8. The SMILES string of the molecule is CN(C)c1ccc(C(=C2C=CC=C2)c2ccc(N(C)C)cc2)cc1. The Labute approximate surface area is 145 Å². The van der Waals surface area contributed by atoms with Crippen LogP contribution < -0.4 is 9.80 Å². The van der Waals surface area contributed by atoms with E-state index in [4.69, 9.17) is 0 Å². The third-order valence-electron chi connectivity index (χ3n) is 4.30. The van der Waals surface area contributed by atoms with Gasteiger partial charge in [0, 0.05) is 39.6 Å². The van der Waals surface area contributed by atoms with Gasteiger partial charge in [-0.2, -0.15) is 0 Å². The summed E-state index contributed by atoms with van der Waals surface area (Å²) in [7, 11) is 8.27. The number of hydrogen-bond donors (Lipinski definition) is 0. The van der Waals surface area contributed by atoms with Gasteiger partial charge in [-0.25, -0.2) is 0 Å². The molecule has 0 saturated carbocycles. The van der Waals surface area contributed by atoms with E-state index in [2.05, 4.69) is 111 Å². The van der Waals surface area contributed by atoms with Crippen LogP contribution in [-0.4, -0.2) is 28.2 Å². The molecule has 0 bridgehead atoms. The van der Waals surface area contributed by atoms with Gasteiger partial charge in [0.2, 0.25) is 0 Å². The molecule has 0 N–H and O–H groups in total. The van der Waals surface area contributed by atoms with Crippen molar-refractivity contribution in [3.63, 3.8) is 0 Å². The standard InChI is InChI=1S/C22H24N2/c1-23(2)20-13-9-18(10-14-20)22(17-7-5-6-8-17)19-11-15-21(16-12-19)24(3)4/h5-16H,1-4H3. The molecule has 2 nitrogen and oxygen atoms in total. The van der Waals surface area contributed by atoms with Crippen LogP contribution in [-0.2, 0) is 0 Å². The summed E-state index contributed by atoms with van der Waals surface area (Å²) in [6.07, 6.45) is 8.54. The van der Waals surface area contributed by atoms with Crippen molar-refractivity contribution in [2.24, 2.45) is 0 Å². The van der Waals surface area contributed by atoms with E-state index in [0.717, 1.165) is 0 Å². The first-order valence-corrected chi connectivity index (χ1v) is 8.21. The van der Waals surface area contributed by atoms with Crippen molar-refractivity contribution in [2.75, 3.05) is 38.0 Å². The van der Waals surface area contributed by atoms with E-state index in [9.17, 15) is 0 Å². The molecule has 0 unspecified atom stereocenters. The lowest BCUT2D eigenvalue weighted by Crippen LogP contribution is -2.08. The third kappa shape index (κ3) is 3.28. The Balaban J connectivity index is 2.07. The van der Waals surface area contributed by atoms with Gasteiger partial charge in [0.25, 0.3) is 0 Å².